The second-order valence-electron chi connectivity index (χ2n) is 5.37. The third-order valence-electron chi connectivity index (χ3n) is 3.89. The van der Waals surface area contributed by atoms with Gasteiger partial charge in [0.1, 0.15) is 0 Å². The minimum Gasteiger partial charge on any atom is -0.465 e. The first-order valence-electron chi connectivity index (χ1n) is 7.13. The van der Waals surface area contributed by atoms with Crippen LogP contribution < -0.4 is 5.32 Å². The summed E-state index contributed by atoms with van der Waals surface area (Å²) in [5.74, 6) is -0.672. The molecule has 0 atom stereocenters. The molecule has 1 aromatic carbocycles. The van der Waals surface area contributed by atoms with Gasteiger partial charge in [-0.1, -0.05) is 11.6 Å². The number of anilines is 1. The zero-order chi connectivity index (χ0) is 17.1. The van der Waals surface area contributed by atoms with Crippen LogP contribution >= 0.6 is 11.6 Å². The lowest BCUT2D eigenvalue weighted by Crippen LogP contribution is -2.15. The number of carbonyl (C=O) groups excluding carboxylic acids is 2. The monoisotopic (exact) mass is 334 g/mol. The van der Waals surface area contributed by atoms with E-state index in [4.69, 9.17) is 11.6 Å². The topological polar surface area (TPSA) is 60.3 Å². The Morgan fingerprint density at radius 2 is 1.96 bits per heavy atom. The van der Waals surface area contributed by atoms with Crippen LogP contribution in [0.4, 0.5) is 5.69 Å². The Balaban J connectivity index is 2.16. The molecule has 0 bridgehead atoms. The van der Waals surface area contributed by atoms with Crippen LogP contribution in [-0.2, 0) is 23.0 Å². The highest BCUT2D eigenvalue weighted by atomic mass is 35.5. The van der Waals surface area contributed by atoms with Crippen molar-refractivity contribution in [1.29, 1.82) is 0 Å². The number of nitrogens with zero attached hydrogens (tertiary/aromatic N) is 1. The lowest BCUT2D eigenvalue weighted by molar-refractivity contribution is -0.115. The number of amides is 1. The third-order valence-corrected chi connectivity index (χ3v) is 4.22. The summed E-state index contributed by atoms with van der Waals surface area (Å²) in [6, 6.07) is 6.60. The molecule has 0 aliphatic carbocycles. The smallest absolute Gasteiger partial charge is 0.337 e. The van der Waals surface area contributed by atoms with E-state index in [1.54, 1.807) is 12.1 Å². The lowest BCUT2D eigenvalue weighted by atomic mass is 10.1. The number of aromatic nitrogens is 1. The summed E-state index contributed by atoms with van der Waals surface area (Å²) < 4.78 is 6.70. The molecule has 122 valence electrons. The summed E-state index contributed by atoms with van der Waals surface area (Å²) >= 11 is 6.08. The van der Waals surface area contributed by atoms with E-state index in [1.165, 1.54) is 13.2 Å². The molecule has 0 aliphatic heterocycles. The van der Waals surface area contributed by atoms with E-state index in [-0.39, 0.29) is 12.3 Å². The summed E-state index contributed by atoms with van der Waals surface area (Å²) in [6.07, 6.45) is 0.242. The van der Waals surface area contributed by atoms with E-state index in [1.807, 2.05) is 31.5 Å². The minimum absolute atomic E-state index is 0.192. The molecule has 1 heterocycles. The number of methoxy groups -OCH3 is 1. The van der Waals surface area contributed by atoms with Gasteiger partial charge in [0, 0.05) is 18.4 Å². The zero-order valence-corrected chi connectivity index (χ0v) is 14.3. The van der Waals surface area contributed by atoms with Crippen molar-refractivity contribution in [1.82, 2.24) is 4.57 Å². The molecule has 0 spiro atoms. The molecule has 0 radical (unpaired) electrons. The Morgan fingerprint density at radius 3 is 2.52 bits per heavy atom. The molecule has 0 saturated heterocycles. The number of esters is 1. The quantitative estimate of drug-likeness (QED) is 0.873. The van der Waals surface area contributed by atoms with Crippen LogP contribution in [0.15, 0.2) is 24.3 Å². The fourth-order valence-corrected chi connectivity index (χ4v) is 2.51. The second kappa shape index (κ2) is 6.87. The SMILES string of the molecule is COC(=O)c1ccc(Cl)c(NC(=O)Cc2cc(C)n(C)c2C)c1. The molecular weight excluding hydrogens is 316 g/mol. The molecule has 0 saturated carbocycles. The average molecular weight is 335 g/mol. The molecule has 23 heavy (non-hydrogen) atoms. The lowest BCUT2D eigenvalue weighted by Gasteiger charge is -2.09. The Morgan fingerprint density at radius 1 is 1.26 bits per heavy atom. The number of benzene rings is 1. The van der Waals surface area contributed by atoms with E-state index in [9.17, 15) is 9.59 Å². The van der Waals surface area contributed by atoms with Gasteiger partial charge in [0.2, 0.25) is 5.91 Å². The number of ether oxygens (including phenoxy) is 1. The van der Waals surface area contributed by atoms with Crippen LogP contribution in [0.5, 0.6) is 0 Å². The van der Waals surface area contributed by atoms with Crippen molar-refractivity contribution < 1.29 is 14.3 Å². The first-order chi connectivity index (χ1) is 10.8. The van der Waals surface area contributed by atoms with Crippen molar-refractivity contribution in [3.8, 4) is 0 Å². The maximum atomic E-state index is 12.3. The van der Waals surface area contributed by atoms with Crippen LogP contribution in [0.3, 0.4) is 0 Å². The number of hydrogen-bond acceptors (Lipinski definition) is 3. The minimum atomic E-state index is -0.480. The largest absolute Gasteiger partial charge is 0.465 e. The summed E-state index contributed by atoms with van der Waals surface area (Å²) in [4.78, 5) is 23.8. The van der Waals surface area contributed by atoms with Gasteiger partial charge in [0.05, 0.1) is 29.8 Å². The predicted molar refractivity (Wildman–Crippen MR) is 90.0 cm³/mol. The highest BCUT2D eigenvalue weighted by molar-refractivity contribution is 6.33. The molecule has 1 amide bonds. The summed E-state index contributed by atoms with van der Waals surface area (Å²) in [7, 11) is 3.26. The standard InChI is InChI=1S/C17H19ClN2O3/c1-10-7-13(11(2)20(10)3)9-16(21)19-15-8-12(17(22)23-4)5-6-14(15)18/h5-8H,9H2,1-4H3,(H,19,21). The predicted octanol–water partition coefficient (Wildman–Crippen LogP) is 3.26. The normalized spacial score (nSPS) is 10.5. The maximum Gasteiger partial charge on any atom is 0.337 e. The van der Waals surface area contributed by atoms with E-state index in [2.05, 4.69) is 10.1 Å². The average Bonchev–Trinajstić information content (AvgIpc) is 2.75. The van der Waals surface area contributed by atoms with Gasteiger partial charge >= 0.3 is 5.97 Å². The zero-order valence-electron chi connectivity index (χ0n) is 13.6. The first kappa shape index (κ1) is 17.1. The van der Waals surface area contributed by atoms with Gasteiger partial charge in [-0.05, 0) is 43.7 Å². The fraction of sp³-hybridized carbons (Fsp3) is 0.294. The number of aryl methyl sites for hydroxylation is 1. The molecule has 0 aliphatic rings. The molecule has 5 nitrogen and oxygen atoms in total. The number of halogens is 1. The van der Waals surface area contributed by atoms with E-state index < -0.39 is 5.97 Å². The van der Waals surface area contributed by atoms with Crippen LogP contribution in [0.25, 0.3) is 0 Å². The third kappa shape index (κ3) is 3.74. The van der Waals surface area contributed by atoms with Gasteiger partial charge in [-0.2, -0.15) is 0 Å². The van der Waals surface area contributed by atoms with Crippen molar-refractivity contribution in [2.45, 2.75) is 20.3 Å². The van der Waals surface area contributed by atoms with Crippen molar-refractivity contribution in [2.75, 3.05) is 12.4 Å². The Labute approximate surface area is 140 Å². The van der Waals surface area contributed by atoms with Crippen LogP contribution in [0.2, 0.25) is 5.02 Å². The summed E-state index contributed by atoms with van der Waals surface area (Å²) in [5.41, 5.74) is 3.83. The first-order valence-corrected chi connectivity index (χ1v) is 7.50. The van der Waals surface area contributed by atoms with E-state index in [0.29, 0.717) is 16.3 Å². The van der Waals surface area contributed by atoms with Gasteiger partial charge in [-0.15, -0.1) is 0 Å². The highest BCUT2D eigenvalue weighted by Crippen LogP contribution is 2.24. The van der Waals surface area contributed by atoms with Gasteiger partial charge in [0.25, 0.3) is 0 Å². The molecule has 0 unspecified atom stereocenters. The Kier molecular flexibility index (Phi) is 5.11. The number of rotatable bonds is 4. The van der Waals surface area contributed by atoms with E-state index in [0.717, 1.165) is 17.0 Å². The van der Waals surface area contributed by atoms with Crippen molar-refractivity contribution in [2.24, 2.45) is 7.05 Å². The molecule has 0 fully saturated rings. The molecule has 2 aromatic rings. The highest BCUT2D eigenvalue weighted by Gasteiger charge is 2.14. The van der Waals surface area contributed by atoms with Crippen LogP contribution in [-0.4, -0.2) is 23.6 Å². The Hall–Kier alpha value is -2.27. The summed E-state index contributed by atoms with van der Waals surface area (Å²) in [6.45, 7) is 3.96. The molecule has 1 N–H and O–H groups in total. The Bertz CT molecular complexity index is 765. The second-order valence-corrected chi connectivity index (χ2v) is 5.77. The van der Waals surface area contributed by atoms with Gasteiger partial charge in [-0.25, -0.2) is 4.79 Å². The van der Waals surface area contributed by atoms with Crippen molar-refractivity contribution in [3.05, 3.63) is 51.8 Å². The molecular formula is C17H19ClN2O3. The van der Waals surface area contributed by atoms with Crippen molar-refractivity contribution in [3.63, 3.8) is 0 Å². The van der Waals surface area contributed by atoms with Gasteiger partial charge in [0.15, 0.2) is 0 Å². The number of hydrogen-bond donors (Lipinski definition) is 1. The van der Waals surface area contributed by atoms with Gasteiger partial charge in [-0.3, -0.25) is 4.79 Å². The molecule has 1 aromatic heterocycles. The molecule has 2 rings (SSSR count). The van der Waals surface area contributed by atoms with E-state index >= 15 is 0 Å². The molecule has 6 heteroatoms. The number of nitrogens with one attached hydrogen (secondary N) is 1. The van der Waals surface area contributed by atoms with Crippen LogP contribution in [0.1, 0.15) is 27.3 Å². The summed E-state index contributed by atoms with van der Waals surface area (Å²) in [5, 5.41) is 3.11. The van der Waals surface area contributed by atoms with Crippen LogP contribution in [0, 0.1) is 13.8 Å². The van der Waals surface area contributed by atoms with Crippen molar-refractivity contribution >= 4 is 29.2 Å². The van der Waals surface area contributed by atoms with Gasteiger partial charge < -0.3 is 14.6 Å². The maximum absolute atomic E-state index is 12.3. The fourth-order valence-electron chi connectivity index (χ4n) is 2.35. The number of carbonyl (C=O) groups is 2.